The Morgan fingerprint density at radius 2 is 1.68 bits per heavy atom. The van der Waals surface area contributed by atoms with Crippen LogP contribution in [0.25, 0.3) is 0 Å². The van der Waals surface area contributed by atoms with Crippen molar-refractivity contribution in [1.82, 2.24) is 10.2 Å². The maximum absolute atomic E-state index is 12.1. The van der Waals surface area contributed by atoms with E-state index in [-0.39, 0.29) is 21.8 Å². The van der Waals surface area contributed by atoms with Crippen molar-refractivity contribution >= 4 is 34.8 Å². The van der Waals surface area contributed by atoms with Crippen molar-refractivity contribution in [2.75, 3.05) is 5.32 Å². The number of anilines is 1. The quantitative estimate of drug-likeness (QED) is 0.920. The van der Waals surface area contributed by atoms with Crippen molar-refractivity contribution < 1.29 is 4.79 Å². The van der Waals surface area contributed by atoms with Gasteiger partial charge in [-0.25, -0.2) is 0 Å². The third kappa shape index (κ3) is 3.43. The molecule has 0 radical (unpaired) electrons. The van der Waals surface area contributed by atoms with Crippen molar-refractivity contribution in [3.63, 3.8) is 0 Å². The van der Waals surface area contributed by atoms with Crippen LogP contribution in [0.2, 0.25) is 10.3 Å². The van der Waals surface area contributed by atoms with Gasteiger partial charge in [0.15, 0.2) is 10.3 Å². The zero-order chi connectivity index (χ0) is 14.0. The molecule has 1 aromatic carbocycles. The fourth-order valence-corrected chi connectivity index (χ4v) is 2.08. The Hall–Kier alpha value is -1.65. The van der Waals surface area contributed by atoms with Crippen molar-refractivity contribution in [1.29, 1.82) is 0 Å². The number of aryl methyl sites for hydroxylation is 2. The zero-order valence-electron chi connectivity index (χ0n) is 10.4. The van der Waals surface area contributed by atoms with Gasteiger partial charge in [-0.05, 0) is 43.2 Å². The van der Waals surface area contributed by atoms with E-state index in [1.165, 1.54) is 6.07 Å². The molecule has 0 bridgehead atoms. The number of benzene rings is 1. The molecule has 0 fully saturated rings. The number of carbonyl (C=O) groups is 1. The van der Waals surface area contributed by atoms with Gasteiger partial charge < -0.3 is 5.32 Å². The van der Waals surface area contributed by atoms with E-state index >= 15 is 0 Å². The van der Waals surface area contributed by atoms with Crippen molar-refractivity contribution in [2.24, 2.45) is 0 Å². The summed E-state index contributed by atoms with van der Waals surface area (Å²) in [6.07, 6.45) is 0. The van der Waals surface area contributed by atoms with Gasteiger partial charge in [0.25, 0.3) is 5.91 Å². The first kappa shape index (κ1) is 13.8. The van der Waals surface area contributed by atoms with Crippen LogP contribution in [0.4, 0.5) is 5.69 Å². The largest absolute Gasteiger partial charge is 0.322 e. The molecule has 0 saturated carbocycles. The van der Waals surface area contributed by atoms with Crippen molar-refractivity contribution in [3.8, 4) is 0 Å². The lowest BCUT2D eigenvalue weighted by molar-refractivity contribution is 0.102. The van der Waals surface area contributed by atoms with Crippen LogP contribution >= 0.6 is 23.2 Å². The standard InChI is InChI=1S/C13H11Cl2N3O/c1-7-3-8(2)5-9(4-7)16-13(19)10-6-11(14)17-18-12(10)15/h3-6H,1-2H3,(H,16,19). The molecular weight excluding hydrogens is 285 g/mol. The van der Waals surface area contributed by atoms with E-state index in [0.29, 0.717) is 5.69 Å². The summed E-state index contributed by atoms with van der Waals surface area (Å²) < 4.78 is 0. The van der Waals surface area contributed by atoms with E-state index in [1.54, 1.807) is 0 Å². The van der Waals surface area contributed by atoms with E-state index < -0.39 is 0 Å². The van der Waals surface area contributed by atoms with Crippen LogP contribution in [0.1, 0.15) is 21.5 Å². The zero-order valence-corrected chi connectivity index (χ0v) is 11.9. The van der Waals surface area contributed by atoms with Crippen LogP contribution in [-0.4, -0.2) is 16.1 Å². The van der Waals surface area contributed by atoms with Gasteiger partial charge in [-0.1, -0.05) is 29.3 Å². The highest BCUT2D eigenvalue weighted by molar-refractivity contribution is 6.34. The molecule has 1 aromatic heterocycles. The molecule has 98 valence electrons. The number of hydrogen-bond donors (Lipinski definition) is 1. The summed E-state index contributed by atoms with van der Waals surface area (Å²) in [5.41, 5.74) is 3.02. The van der Waals surface area contributed by atoms with Gasteiger partial charge in [0.1, 0.15) is 0 Å². The van der Waals surface area contributed by atoms with E-state index in [1.807, 2.05) is 32.0 Å². The molecule has 1 amide bonds. The van der Waals surface area contributed by atoms with Crippen molar-refractivity contribution in [2.45, 2.75) is 13.8 Å². The molecule has 0 aliphatic heterocycles. The molecule has 6 heteroatoms. The van der Waals surface area contributed by atoms with Crippen LogP contribution in [-0.2, 0) is 0 Å². The highest BCUT2D eigenvalue weighted by atomic mass is 35.5. The minimum Gasteiger partial charge on any atom is -0.322 e. The predicted octanol–water partition coefficient (Wildman–Crippen LogP) is 3.65. The maximum atomic E-state index is 12.1. The lowest BCUT2D eigenvalue weighted by Gasteiger charge is -2.08. The number of nitrogens with one attached hydrogen (secondary N) is 1. The average molecular weight is 296 g/mol. The number of carbonyl (C=O) groups excluding carboxylic acids is 1. The minimum atomic E-state index is -0.369. The molecule has 0 unspecified atom stereocenters. The smallest absolute Gasteiger partial charge is 0.258 e. The molecule has 19 heavy (non-hydrogen) atoms. The molecule has 0 aliphatic carbocycles. The van der Waals surface area contributed by atoms with Crippen LogP contribution < -0.4 is 5.32 Å². The summed E-state index contributed by atoms with van der Waals surface area (Å²) in [7, 11) is 0. The lowest BCUT2D eigenvalue weighted by Crippen LogP contribution is -2.13. The maximum Gasteiger partial charge on any atom is 0.258 e. The number of aromatic nitrogens is 2. The Balaban J connectivity index is 2.28. The summed E-state index contributed by atoms with van der Waals surface area (Å²) >= 11 is 11.5. The van der Waals surface area contributed by atoms with Crippen LogP contribution in [0.3, 0.4) is 0 Å². The molecule has 0 atom stereocenters. The minimum absolute atomic E-state index is 0.0197. The molecule has 0 saturated heterocycles. The summed E-state index contributed by atoms with van der Waals surface area (Å²) in [6, 6.07) is 7.15. The van der Waals surface area contributed by atoms with E-state index in [2.05, 4.69) is 15.5 Å². The normalized spacial score (nSPS) is 10.3. The van der Waals surface area contributed by atoms with Crippen molar-refractivity contribution in [3.05, 3.63) is 51.3 Å². The molecule has 2 aromatic rings. The van der Waals surface area contributed by atoms with Crippen LogP contribution in [0, 0.1) is 13.8 Å². The Morgan fingerprint density at radius 3 is 2.32 bits per heavy atom. The molecule has 0 spiro atoms. The highest BCUT2D eigenvalue weighted by Gasteiger charge is 2.13. The first-order valence-electron chi connectivity index (χ1n) is 5.54. The molecule has 1 N–H and O–H groups in total. The second-order valence-electron chi connectivity index (χ2n) is 4.20. The Labute approximate surface area is 120 Å². The summed E-state index contributed by atoms with van der Waals surface area (Å²) in [5.74, 6) is -0.369. The summed E-state index contributed by atoms with van der Waals surface area (Å²) in [4.78, 5) is 12.1. The van der Waals surface area contributed by atoms with Crippen LogP contribution in [0.5, 0.6) is 0 Å². The fourth-order valence-electron chi connectivity index (χ4n) is 1.76. The second kappa shape index (κ2) is 5.55. The lowest BCUT2D eigenvalue weighted by atomic mass is 10.1. The Bertz CT molecular complexity index is 624. The van der Waals surface area contributed by atoms with Crippen LogP contribution in [0.15, 0.2) is 24.3 Å². The molecule has 1 heterocycles. The Kier molecular flexibility index (Phi) is 4.02. The number of hydrogen-bond acceptors (Lipinski definition) is 3. The second-order valence-corrected chi connectivity index (χ2v) is 4.95. The van der Waals surface area contributed by atoms with Gasteiger partial charge in [0, 0.05) is 5.69 Å². The van der Waals surface area contributed by atoms with Gasteiger partial charge >= 0.3 is 0 Å². The van der Waals surface area contributed by atoms with E-state index in [4.69, 9.17) is 23.2 Å². The number of nitrogens with zero attached hydrogens (tertiary/aromatic N) is 2. The number of rotatable bonds is 2. The fraction of sp³-hybridized carbons (Fsp3) is 0.154. The average Bonchev–Trinajstić information content (AvgIpc) is 2.30. The van der Waals surface area contributed by atoms with E-state index in [0.717, 1.165) is 11.1 Å². The molecule has 4 nitrogen and oxygen atoms in total. The third-order valence-electron chi connectivity index (χ3n) is 2.44. The van der Waals surface area contributed by atoms with Gasteiger partial charge in [-0.2, -0.15) is 0 Å². The third-order valence-corrected chi connectivity index (χ3v) is 2.91. The number of amides is 1. The summed E-state index contributed by atoms with van der Waals surface area (Å²) in [5, 5.41) is 10.1. The SMILES string of the molecule is Cc1cc(C)cc(NC(=O)c2cc(Cl)nnc2Cl)c1. The van der Waals surface area contributed by atoms with E-state index in [9.17, 15) is 4.79 Å². The summed E-state index contributed by atoms with van der Waals surface area (Å²) in [6.45, 7) is 3.92. The predicted molar refractivity (Wildman–Crippen MR) is 75.9 cm³/mol. The van der Waals surface area contributed by atoms with Gasteiger partial charge in [0.2, 0.25) is 0 Å². The Morgan fingerprint density at radius 1 is 1.05 bits per heavy atom. The topological polar surface area (TPSA) is 54.9 Å². The van der Waals surface area contributed by atoms with Gasteiger partial charge in [-0.3, -0.25) is 4.79 Å². The molecular formula is C13H11Cl2N3O. The van der Waals surface area contributed by atoms with Gasteiger partial charge in [-0.15, -0.1) is 10.2 Å². The molecule has 0 aliphatic rings. The first-order chi connectivity index (χ1) is 8.95. The van der Waals surface area contributed by atoms with Gasteiger partial charge in [0.05, 0.1) is 5.56 Å². The monoisotopic (exact) mass is 295 g/mol. The molecule has 2 rings (SSSR count). The number of halogens is 2. The first-order valence-corrected chi connectivity index (χ1v) is 6.29. The highest BCUT2D eigenvalue weighted by Crippen LogP contribution is 2.19.